The zero-order chi connectivity index (χ0) is 20.8. The Morgan fingerprint density at radius 3 is 2.11 bits per heavy atom. The van der Waals surface area contributed by atoms with Gasteiger partial charge in [0.05, 0.1) is 13.2 Å². The maximum atomic E-state index is 11.9. The molecule has 0 aliphatic heterocycles. The third-order valence-electron chi connectivity index (χ3n) is 3.15. The van der Waals surface area contributed by atoms with Gasteiger partial charge in [0.1, 0.15) is 23.7 Å². The summed E-state index contributed by atoms with van der Waals surface area (Å²) in [5, 5.41) is 0. The van der Waals surface area contributed by atoms with Crippen LogP contribution in [0, 0.1) is 24.3 Å². The number of carbonyl (C=O) groups is 2. The van der Waals surface area contributed by atoms with Crippen molar-refractivity contribution in [2.24, 2.45) is 11.5 Å². The van der Waals surface area contributed by atoms with Crippen molar-refractivity contribution in [3.8, 4) is 35.8 Å². The van der Waals surface area contributed by atoms with Gasteiger partial charge in [-0.2, -0.15) is 0 Å². The van der Waals surface area contributed by atoms with E-state index in [1.165, 1.54) is 0 Å². The van der Waals surface area contributed by atoms with E-state index in [9.17, 15) is 9.59 Å². The Hall–Kier alpha value is -3.78. The lowest BCUT2D eigenvalue weighted by atomic mass is 10.1. The second kappa shape index (κ2) is 12.6. The van der Waals surface area contributed by atoms with Crippen molar-refractivity contribution in [1.29, 1.82) is 0 Å². The minimum Gasteiger partial charge on any atom is -0.466 e. The summed E-state index contributed by atoms with van der Waals surface area (Å²) in [7, 11) is 0. The second-order valence-electron chi connectivity index (χ2n) is 5.50. The lowest BCUT2D eigenvalue weighted by molar-refractivity contribution is -0.144. The molecule has 0 atom stereocenters. The quantitative estimate of drug-likeness (QED) is 0.202. The fraction of sp³-hybridized carbons (Fsp3) is 0.300. The Morgan fingerprint density at radius 1 is 1.00 bits per heavy atom. The van der Waals surface area contributed by atoms with Gasteiger partial charge >= 0.3 is 11.9 Å². The molecule has 0 bridgehead atoms. The molecule has 0 radical (unpaired) electrons. The average molecular weight is 386 g/mol. The summed E-state index contributed by atoms with van der Waals surface area (Å²) in [6.45, 7) is 5.34. The van der Waals surface area contributed by atoms with E-state index in [0.717, 1.165) is 5.56 Å². The van der Waals surface area contributed by atoms with Crippen molar-refractivity contribution in [3.05, 3.63) is 35.9 Å². The number of hydrogen-bond donors (Lipinski definition) is 2. The Balaban J connectivity index is 2.49. The number of rotatable bonds is 10. The van der Waals surface area contributed by atoms with Gasteiger partial charge < -0.3 is 30.4 Å². The van der Waals surface area contributed by atoms with Crippen LogP contribution in [0.4, 0.5) is 0 Å². The van der Waals surface area contributed by atoms with Gasteiger partial charge in [0.15, 0.2) is 0 Å². The monoisotopic (exact) mass is 386 g/mol. The van der Waals surface area contributed by atoms with Crippen molar-refractivity contribution >= 4 is 11.9 Å². The van der Waals surface area contributed by atoms with Crippen molar-refractivity contribution in [1.82, 2.24) is 0 Å². The van der Waals surface area contributed by atoms with Crippen LogP contribution < -0.4 is 20.9 Å². The third kappa shape index (κ3) is 9.07. The molecule has 8 heteroatoms. The summed E-state index contributed by atoms with van der Waals surface area (Å²) in [5.74, 6) is -0.0810. The molecule has 1 aromatic rings. The highest BCUT2D eigenvalue weighted by Crippen LogP contribution is 2.24. The molecule has 0 unspecified atom stereocenters. The number of carbonyl (C=O) groups excluding carboxylic acids is 2. The van der Waals surface area contributed by atoms with E-state index in [4.69, 9.17) is 30.4 Å². The van der Waals surface area contributed by atoms with E-state index in [0.29, 0.717) is 29.9 Å². The lowest BCUT2D eigenvalue weighted by Gasteiger charge is -2.08. The largest absolute Gasteiger partial charge is 0.466 e. The number of hydrogen-bond acceptors (Lipinski definition) is 8. The van der Waals surface area contributed by atoms with Gasteiger partial charge in [0.2, 0.25) is 0 Å². The maximum absolute atomic E-state index is 11.9. The first-order chi connectivity index (χ1) is 13.5. The maximum Gasteiger partial charge on any atom is 0.333 e. The molecule has 0 aliphatic carbocycles. The fourth-order valence-electron chi connectivity index (χ4n) is 1.92. The lowest BCUT2D eigenvalue weighted by Crippen LogP contribution is -2.11. The second-order valence-corrected chi connectivity index (χ2v) is 5.50. The predicted molar refractivity (Wildman–Crippen MR) is 101 cm³/mol. The van der Waals surface area contributed by atoms with E-state index >= 15 is 0 Å². The van der Waals surface area contributed by atoms with Crippen LogP contribution in [0.1, 0.15) is 25.3 Å². The smallest absolute Gasteiger partial charge is 0.333 e. The molecule has 0 aromatic heterocycles. The number of esters is 2. The summed E-state index contributed by atoms with van der Waals surface area (Å²) < 4.78 is 20.3. The van der Waals surface area contributed by atoms with Gasteiger partial charge in [-0.3, -0.25) is 4.79 Å². The fourth-order valence-corrected chi connectivity index (χ4v) is 1.92. The van der Waals surface area contributed by atoms with Crippen molar-refractivity contribution < 1.29 is 28.5 Å². The number of ether oxygens (including phenoxy) is 4. The summed E-state index contributed by atoms with van der Waals surface area (Å²) in [6, 6.07) is 9.19. The molecule has 1 aromatic carbocycles. The van der Waals surface area contributed by atoms with Crippen LogP contribution >= 0.6 is 0 Å². The summed E-state index contributed by atoms with van der Waals surface area (Å²) in [4.78, 5) is 23.1. The van der Waals surface area contributed by atoms with Crippen molar-refractivity contribution in [2.45, 2.75) is 26.2 Å². The number of nitrogens with two attached hydrogens (primary N) is 2. The van der Waals surface area contributed by atoms with Crippen molar-refractivity contribution in [3.63, 3.8) is 0 Å². The Morgan fingerprint density at radius 2 is 1.57 bits per heavy atom. The summed E-state index contributed by atoms with van der Waals surface area (Å²) >= 11 is 0. The first-order valence-corrected chi connectivity index (χ1v) is 8.33. The van der Waals surface area contributed by atoms with Gasteiger partial charge in [-0.15, -0.1) is 0 Å². The first kappa shape index (κ1) is 22.3. The molecule has 8 nitrogen and oxygen atoms in total. The third-order valence-corrected chi connectivity index (χ3v) is 3.15. The van der Waals surface area contributed by atoms with Crippen LogP contribution in [0.5, 0.6) is 11.5 Å². The highest BCUT2D eigenvalue weighted by molar-refractivity contribution is 5.86. The molecule has 0 heterocycles. The normalized spacial score (nSPS) is 9.04. The number of aryl methyl sites for hydroxylation is 1. The molecule has 0 saturated heterocycles. The highest BCUT2D eigenvalue weighted by Gasteiger charge is 2.08. The topological polar surface area (TPSA) is 123 Å². The van der Waals surface area contributed by atoms with E-state index in [1.807, 2.05) is 0 Å². The van der Waals surface area contributed by atoms with Gasteiger partial charge in [-0.25, -0.2) is 4.79 Å². The van der Waals surface area contributed by atoms with Gasteiger partial charge in [-0.1, -0.05) is 6.58 Å². The molecular weight excluding hydrogens is 364 g/mol. The van der Waals surface area contributed by atoms with Crippen LogP contribution in [0.2, 0.25) is 0 Å². The van der Waals surface area contributed by atoms with Gasteiger partial charge in [-0.05, 0) is 31.0 Å². The van der Waals surface area contributed by atoms with E-state index < -0.39 is 5.97 Å². The highest BCUT2D eigenvalue weighted by atomic mass is 16.5. The van der Waals surface area contributed by atoms with Crippen LogP contribution in [0.3, 0.4) is 0 Å². The van der Waals surface area contributed by atoms with Gasteiger partial charge in [0.25, 0.3) is 0 Å². The molecule has 0 aliphatic rings. The minimum atomic E-state index is -0.467. The van der Waals surface area contributed by atoms with Crippen LogP contribution in [0.25, 0.3) is 0 Å². The molecule has 0 fully saturated rings. The van der Waals surface area contributed by atoms with Crippen LogP contribution in [-0.2, 0) is 25.5 Å². The summed E-state index contributed by atoms with van der Waals surface area (Å²) in [5.41, 5.74) is 11.2. The Bertz CT molecular complexity index is 786. The molecule has 4 N–H and O–H groups in total. The predicted octanol–water partition coefficient (Wildman–Crippen LogP) is 1.18. The molecule has 0 amide bonds. The molecular formula is C20H22N2O6. The van der Waals surface area contributed by atoms with Crippen LogP contribution in [-0.4, -0.2) is 25.2 Å². The van der Waals surface area contributed by atoms with Gasteiger partial charge in [0, 0.05) is 36.6 Å². The first-order valence-electron chi connectivity index (χ1n) is 8.33. The Kier molecular flexibility index (Phi) is 9.98. The summed E-state index contributed by atoms with van der Waals surface area (Å²) in [6.07, 6.45) is 5.47. The molecule has 0 spiro atoms. The van der Waals surface area contributed by atoms with Crippen LogP contribution in [0.15, 0.2) is 30.4 Å². The Labute approximate surface area is 163 Å². The van der Waals surface area contributed by atoms with E-state index in [-0.39, 0.29) is 25.6 Å². The van der Waals surface area contributed by atoms with E-state index in [2.05, 4.69) is 30.9 Å². The molecule has 148 valence electrons. The number of benzene rings is 1. The zero-order valence-corrected chi connectivity index (χ0v) is 15.6. The van der Waals surface area contributed by atoms with E-state index in [1.54, 1.807) is 25.1 Å². The standard InChI is InChI=1S/C20H22N2O6/c1-15(2)20(24)28-9-3-8-27-19(23)5-4-16-12-17(25-10-6-21)14-18(13-16)26-11-7-22/h12-14H,1,3-5,8-9,21-22H2,2H3. The molecule has 28 heavy (non-hydrogen) atoms. The molecule has 1 rings (SSSR count). The zero-order valence-electron chi connectivity index (χ0n) is 15.6. The van der Waals surface area contributed by atoms with Crippen molar-refractivity contribution in [2.75, 3.05) is 13.2 Å². The minimum absolute atomic E-state index is 0.138. The SMILES string of the molecule is C=C(C)C(=O)OCCCOC(=O)CCc1cc(OC#CN)cc(OC#CN)c1. The molecule has 0 saturated carbocycles. The average Bonchev–Trinajstić information content (AvgIpc) is 2.68.